The minimum absolute atomic E-state index is 0.0565. The molecule has 0 aromatic heterocycles. The van der Waals surface area contributed by atoms with Crippen molar-refractivity contribution in [1.82, 2.24) is 9.80 Å². The van der Waals surface area contributed by atoms with E-state index < -0.39 is 0 Å². The van der Waals surface area contributed by atoms with E-state index in [0.29, 0.717) is 13.1 Å². The normalized spacial score (nSPS) is 36.6. The molecule has 3 aliphatic rings. The summed E-state index contributed by atoms with van der Waals surface area (Å²) in [6.45, 7) is 1.36. The van der Waals surface area contributed by atoms with Gasteiger partial charge in [-0.1, -0.05) is 0 Å². The third-order valence-corrected chi connectivity index (χ3v) is 4.30. The first-order chi connectivity index (χ1) is 8.13. The van der Waals surface area contributed by atoms with Crippen molar-refractivity contribution in [2.24, 2.45) is 11.8 Å². The fourth-order valence-electron chi connectivity index (χ4n) is 3.11. The van der Waals surface area contributed by atoms with Crippen LogP contribution in [-0.4, -0.2) is 61.0 Å². The second-order valence-corrected chi connectivity index (χ2v) is 5.35. The third kappa shape index (κ3) is 1.56. The van der Waals surface area contributed by atoms with Crippen LogP contribution in [0.15, 0.2) is 0 Å². The molecule has 17 heavy (non-hydrogen) atoms. The van der Waals surface area contributed by atoms with Crippen LogP contribution in [0.1, 0.15) is 12.8 Å². The number of fused-ring (bicyclic) bond motifs is 1. The van der Waals surface area contributed by atoms with Crippen molar-refractivity contribution < 1.29 is 14.3 Å². The first kappa shape index (κ1) is 11.0. The first-order valence-corrected chi connectivity index (χ1v) is 6.21. The van der Waals surface area contributed by atoms with Gasteiger partial charge in [0.2, 0.25) is 5.91 Å². The molecule has 0 aromatic carbocycles. The average Bonchev–Trinajstić information content (AvgIpc) is 3.04. The molecule has 1 aliphatic carbocycles. The molecule has 5 heteroatoms. The zero-order valence-electron chi connectivity index (χ0n) is 10.3. The second-order valence-electron chi connectivity index (χ2n) is 5.35. The van der Waals surface area contributed by atoms with Gasteiger partial charge in [0.1, 0.15) is 6.10 Å². The predicted molar refractivity (Wildman–Crippen MR) is 60.1 cm³/mol. The molecule has 0 radical (unpaired) electrons. The summed E-state index contributed by atoms with van der Waals surface area (Å²) < 4.78 is 5.28. The van der Waals surface area contributed by atoms with Crippen molar-refractivity contribution in [3.05, 3.63) is 0 Å². The predicted octanol–water partition coefficient (Wildman–Crippen LogP) is -0.290. The van der Waals surface area contributed by atoms with Crippen molar-refractivity contribution in [2.75, 3.05) is 27.2 Å². The summed E-state index contributed by atoms with van der Waals surface area (Å²) in [5, 5.41) is 0. The molecule has 3 atom stereocenters. The topological polar surface area (TPSA) is 49.9 Å². The van der Waals surface area contributed by atoms with Gasteiger partial charge >= 0.3 is 0 Å². The molecule has 94 valence electrons. The Balaban J connectivity index is 1.74. The van der Waals surface area contributed by atoms with Crippen molar-refractivity contribution in [2.45, 2.75) is 25.0 Å². The van der Waals surface area contributed by atoms with Crippen LogP contribution in [0.4, 0.5) is 0 Å². The smallest absolute Gasteiger partial charge is 0.252 e. The van der Waals surface area contributed by atoms with Crippen LogP contribution < -0.4 is 0 Å². The number of ether oxygens (including phenoxy) is 1. The standard InChI is InChI=1S/C12H18N2O3/c1-13-9-6-14(11(15)7-3-4-7)5-8(9)10(17-2)12(13)16/h7-10H,3-6H2,1-2H3/t8-,9+,10-/m0/s1. The van der Waals surface area contributed by atoms with E-state index in [1.165, 1.54) is 0 Å². The number of hydrogen-bond acceptors (Lipinski definition) is 3. The number of amides is 2. The molecule has 2 heterocycles. The molecular formula is C12H18N2O3. The van der Waals surface area contributed by atoms with E-state index in [4.69, 9.17) is 4.74 Å². The van der Waals surface area contributed by atoms with Gasteiger partial charge in [-0.15, -0.1) is 0 Å². The minimum Gasteiger partial charge on any atom is -0.371 e. The number of carbonyl (C=O) groups excluding carboxylic acids is 2. The number of nitrogens with zero attached hydrogens (tertiary/aromatic N) is 2. The summed E-state index contributed by atoms with van der Waals surface area (Å²) in [7, 11) is 3.38. The maximum Gasteiger partial charge on any atom is 0.252 e. The maximum atomic E-state index is 12.0. The highest BCUT2D eigenvalue weighted by Gasteiger charge is 2.53. The molecule has 0 aromatic rings. The summed E-state index contributed by atoms with van der Waals surface area (Å²) in [6, 6.07) is 0.148. The lowest BCUT2D eigenvalue weighted by atomic mass is 10.0. The van der Waals surface area contributed by atoms with Crippen LogP contribution in [-0.2, 0) is 14.3 Å². The van der Waals surface area contributed by atoms with E-state index in [0.717, 1.165) is 12.8 Å². The maximum absolute atomic E-state index is 12.0. The number of carbonyl (C=O) groups is 2. The molecule has 2 amide bonds. The van der Waals surface area contributed by atoms with Crippen LogP contribution in [0.2, 0.25) is 0 Å². The molecule has 0 spiro atoms. The highest BCUT2D eigenvalue weighted by atomic mass is 16.5. The van der Waals surface area contributed by atoms with Gasteiger partial charge in [-0.25, -0.2) is 0 Å². The Kier molecular flexibility index (Phi) is 2.40. The lowest BCUT2D eigenvalue weighted by Gasteiger charge is -2.21. The van der Waals surface area contributed by atoms with Crippen LogP contribution >= 0.6 is 0 Å². The highest BCUT2D eigenvalue weighted by Crippen LogP contribution is 2.37. The van der Waals surface area contributed by atoms with Gasteiger partial charge in [0, 0.05) is 39.1 Å². The molecule has 2 saturated heterocycles. The van der Waals surface area contributed by atoms with Gasteiger partial charge < -0.3 is 14.5 Å². The Morgan fingerprint density at radius 1 is 1.35 bits per heavy atom. The van der Waals surface area contributed by atoms with Crippen molar-refractivity contribution in [1.29, 1.82) is 0 Å². The zero-order valence-corrected chi connectivity index (χ0v) is 10.3. The Hall–Kier alpha value is -1.10. The molecule has 3 rings (SSSR count). The fourth-order valence-corrected chi connectivity index (χ4v) is 3.11. The molecule has 2 aliphatic heterocycles. The van der Waals surface area contributed by atoms with E-state index in [-0.39, 0.29) is 35.8 Å². The second kappa shape index (κ2) is 3.70. The van der Waals surface area contributed by atoms with Gasteiger partial charge in [0.25, 0.3) is 5.91 Å². The third-order valence-electron chi connectivity index (χ3n) is 4.30. The Morgan fingerprint density at radius 2 is 2.06 bits per heavy atom. The van der Waals surface area contributed by atoms with Gasteiger partial charge in [-0.05, 0) is 12.8 Å². The largest absolute Gasteiger partial charge is 0.371 e. The van der Waals surface area contributed by atoms with Gasteiger partial charge in [-0.2, -0.15) is 0 Å². The molecular weight excluding hydrogens is 220 g/mol. The highest BCUT2D eigenvalue weighted by molar-refractivity contribution is 5.86. The quantitative estimate of drug-likeness (QED) is 0.664. The molecule has 0 unspecified atom stereocenters. The lowest BCUT2D eigenvalue weighted by molar-refractivity contribution is -0.139. The monoisotopic (exact) mass is 238 g/mol. The number of methoxy groups -OCH3 is 1. The summed E-state index contributed by atoms with van der Waals surface area (Å²) in [5.41, 5.74) is 0. The molecule has 0 N–H and O–H groups in total. The van der Waals surface area contributed by atoms with E-state index in [9.17, 15) is 9.59 Å². The van der Waals surface area contributed by atoms with Crippen LogP contribution in [0, 0.1) is 11.8 Å². The molecule has 5 nitrogen and oxygen atoms in total. The Bertz CT molecular complexity index is 367. The summed E-state index contributed by atoms with van der Waals surface area (Å²) >= 11 is 0. The van der Waals surface area contributed by atoms with Crippen LogP contribution in [0.3, 0.4) is 0 Å². The van der Waals surface area contributed by atoms with E-state index in [2.05, 4.69) is 0 Å². The molecule has 3 fully saturated rings. The van der Waals surface area contributed by atoms with Crippen molar-refractivity contribution in [3.8, 4) is 0 Å². The van der Waals surface area contributed by atoms with Crippen LogP contribution in [0.25, 0.3) is 0 Å². The first-order valence-electron chi connectivity index (χ1n) is 6.21. The lowest BCUT2D eigenvalue weighted by Crippen LogP contribution is -2.39. The number of hydrogen-bond donors (Lipinski definition) is 0. The average molecular weight is 238 g/mol. The summed E-state index contributed by atoms with van der Waals surface area (Å²) in [6.07, 6.45) is 1.71. The van der Waals surface area contributed by atoms with Gasteiger partial charge in [0.15, 0.2) is 0 Å². The van der Waals surface area contributed by atoms with E-state index >= 15 is 0 Å². The van der Waals surface area contributed by atoms with Gasteiger partial charge in [-0.3, -0.25) is 9.59 Å². The number of likely N-dealkylation sites (N-methyl/N-ethyl adjacent to an activating group) is 1. The number of rotatable bonds is 2. The van der Waals surface area contributed by atoms with Crippen LogP contribution in [0.5, 0.6) is 0 Å². The zero-order chi connectivity index (χ0) is 12.2. The van der Waals surface area contributed by atoms with E-state index in [1.54, 1.807) is 12.0 Å². The Labute approximate surface area is 101 Å². The SMILES string of the molecule is CO[C@@H]1C(=O)N(C)[C@@H]2CN(C(=O)C3CC3)C[C@H]12. The fraction of sp³-hybridized carbons (Fsp3) is 0.833. The molecule has 1 saturated carbocycles. The Morgan fingerprint density at radius 3 is 2.65 bits per heavy atom. The summed E-state index contributed by atoms with van der Waals surface area (Å²) in [5.74, 6) is 0.743. The van der Waals surface area contributed by atoms with E-state index in [1.807, 2.05) is 11.9 Å². The van der Waals surface area contributed by atoms with Crippen molar-refractivity contribution >= 4 is 11.8 Å². The molecule has 0 bridgehead atoms. The number of likely N-dealkylation sites (tertiary alicyclic amines) is 2. The summed E-state index contributed by atoms with van der Waals surface area (Å²) in [4.78, 5) is 27.5. The van der Waals surface area contributed by atoms with Crippen molar-refractivity contribution in [3.63, 3.8) is 0 Å². The minimum atomic E-state index is -0.359. The van der Waals surface area contributed by atoms with Gasteiger partial charge in [0.05, 0.1) is 6.04 Å².